The van der Waals surface area contributed by atoms with Gasteiger partial charge < -0.3 is 15.8 Å². The summed E-state index contributed by atoms with van der Waals surface area (Å²) in [6, 6.07) is 8.62. The Morgan fingerprint density at radius 1 is 1.35 bits per heavy atom. The van der Waals surface area contributed by atoms with Crippen molar-refractivity contribution in [3.63, 3.8) is 0 Å². The number of esters is 1. The number of hydrogen-bond donors (Lipinski definition) is 2. The lowest BCUT2D eigenvalue weighted by Crippen LogP contribution is -2.08. The predicted molar refractivity (Wildman–Crippen MR) is 79.5 cm³/mol. The van der Waals surface area contributed by atoms with Crippen molar-refractivity contribution in [2.24, 2.45) is 0 Å². The number of nitrogens with zero attached hydrogens (tertiary/aromatic N) is 1. The van der Waals surface area contributed by atoms with E-state index >= 15 is 0 Å². The highest BCUT2D eigenvalue weighted by Gasteiger charge is 2.12. The molecule has 1 aromatic carbocycles. The zero-order chi connectivity index (χ0) is 14.7. The molecule has 0 unspecified atom stereocenters. The Morgan fingerprint density at radius 3 is 2.75 bits per heavy atom. The largest absolute Gasteiger partial charge is 0.464 e. The van der Waals surface area contributed by atoms with Crippen LogP contribution < -0.4 is 11.1 Å². The van der Waals surface area contributed by atoms with Crippen LogP contribution in [0, 0.1) is 6.92 Å². The molecule has 0 aliphatic heterocycles. The molecule has 0 bridgehead atoms. The van der Waals surface area contributed by atoms with Crippen LogP contribution >= 0.6 is 11.6 Å². The van der Waals surface area contributed by atoms with E-state index in [-0.39, 0.29) is 5.69 Å². The summed E-state index contributed by atoms with van der Waals surface area (Å²) in [6.45, 7) is 1.91. The lowest BCUT2D eigenvalue weighted by atomic mass is 10.2. The van der Waals surface area contributed by atoms with Gasteiger partial charge in [0.2, 0.25) is 0 Å². The second-order valence-electron chi connectivity index (χ2n) is 4.18. The van der Waals surface area contributed by atoms with Crippen LogP contribution in [0.5, 0.6) is 0 Å². The summed E-state index contributed by atoms with van der Waals surface area (Å²) in [5.41, 5.74) is 8.10. The van der Waals surface area contributed by atoms with Crippen LogP contribution in [0.3, 0.4) is 0 Å². The summed E-state index contributed by atoms with van der Waals surface area (Å²) < 4.78 is 4.63. The van der Waals surface area contributed by atoms with E-state index in [0.29, 0.717) is 22.2 Å². The van der Waals surface area contributed by atoms with Crippen LogP contribution in [0.1, 0.15) is 16.1 Å². The highest BCUT2D eigenvalue weighted by molar-refractivity contribution is 6.33. The minimum Gasteiger partial charge on any atom is -0.464 e. The molecule has 0 atom stereocenters. The van der Waals surface area contributed by atoms with E-state index in [2.05, 4.69) is 15.0 Å². The average molecular weight is 292 g/mol. The van der Waals surface area contributed by atoms with Gasteiger partial charge in [0.15, 0.2) is 11.5 Å². The third-order valence-corrected chi connectivity index (χ3v) is 3.10. The van der Waals surface area contributed by atoms with Crippen LogP contribution in [0.2, 0.25) is 5.02 Å². The lowest BCUT2D eigenvalue weighted by molar-refractivity contribution is 0.0594. The van der Waals surface area contributed by atoms with E-state index in [4.69, 9.17) is 17.3 Å². The summed E-state index contributed by atoms with van der Waals surface area (Å²) in [5, 5.41) is 3.60. The van der Waals surface area contributed by atoms with E-state index < -0.39 is 5.97 Å². The molecule has 0 amide bonds. The first-order valence-electron chi connectivity index (χ1n) is 5.90. The van der Waals surface area contributed by atoms with E-state index in [1.807, 2.05) is 19.1 Å². The van der Waals surface area contributed by atoms with Gasteiger partial charge in [-0.25, -0.2) is 9.78 Å². The fraction of sp³-hybridized carbons (Fsp3) is 0.143. The molecule has 1 heterocycles. The molecule has 0 fully saturated rings. The highest BCUT2D eigenvalue weighted by atomic mass is 35.5. The quantitative estimate of drug-likeness (QED) is 0.850. The van der Waals surface area contributed by atoms with Crippen molar-refractivity contribution in [1.29, 1.82) is 0 Å². The zero-order valence-electron chi connectivity index (χ0n) is 11.1. The first-order chi connectivity index (χ1) is 9.52. The van der Waals surface area contributed by atoms with Gasteiger partial charge in [0.25, 0.3) is 0 Å². The summed E-state index contributed by atoms with van der Waals surface area (Å²) in [6.07, 6.45) is 0. The molecule has 2 rings (SSSR count). The Balaban J connectivity index is 2.40. The number of nitrogens with two attached hydrogens (primary N) is 1. The fourth-order valence-electron chi connectivity index (χ4n) is 1.70. The number of nitrogens with one attached hydrogen (secondary N) is 1. The first-order valence-corrected chi connectivity index (χ1v) is 6.27. The number of carbonyl (C=O) groups excluding carboxylic acids is 1. The number of anilines is 3. The summed E-state index contributed by atoms with van der Waals surface area (Å²) >= 11 is 6.14. The Bertz CT molecular complexity index is 639. The molecule has 5 nitrogen and oxygen atoms in total. The maximum Gasteiger partial charge on any atom is 0.356 e. The van der Waals surface area contributed by atoms with Crippen LogP contribution in [0.25, 0.3) is 0 Å². The number of hydrogen-bond acceptors (Lipinski definition) is 5. The van der Waals surface area contributed by atoms with Gasteiger partial charge in [0, 0.05) is 0 Å². The molecule has 20 heavy (non-hydrogen) atoms. The Morgan fingerprint density at radius 2 is 2.10 bits per heavy atom. The molecule has 0 saturated heterocycles. The number of nitrogen functional groups attached to an aromatic ring is 1. The Hall–Kier alpha value is -2.27. The second-order valence-corrected chi connectivity index (χ2v) is 4.59. The minimum atomic E-state index is -0.524. The zero-order valence-corrected chi connectivity index (χ0v) is 11.9. The van der Waals surface area contributed by atoms with Crippen LogP contribution in [0.4, 0.5) is 17.2 Å². The van der Waals surface area contributed by atoms with E-state index in [0.717, 1.165) is 5.56 Å². The van der Waals surface area contributed by atoms with Gasteiger partial charge in [-0.1, -0.05) is 23.7 Å². The number of halogens is 1. The Labute approximate surface area is 121 Å². The number of carbonyl (C=O) groups is 1. The van der Waals surface area contributed by atoms with Crippen LogP contribution in [0.15, 0.2) is 30.3 Å². The minimum absolute atomic E-state index is 0.175. The smallest absolute Gasteiger partial charge is 0.356 e. The number of rotatable bonds is 3. The molecule has 104 valence electrons. The number of benzene rings is 1. The average Bonchev–Trinajstić information content (AvgIpc) is 2.44. The maximum atomic E-state index is 11.5. The number of aryl methyl sites for hydroxylation is 1. The van der Waals surface area contributed by atoms with E-state index in [1.165, 1.54) is 13.2 Å². The normalized spacial score (nSPS) is 10.2. The monoisotopic (exact) mass is 291 g/mol. The van der Waals surface area contributed by atoms with Gasteiger partial charge in [-0.15, -0.1) is 0 Å². The van der Waals surface area contributed by atoms with Crippen LogP contribution in [-0.2, 0) is 4.74 Å². The molecule has 1 aromatic heterocycles. The van der Waals surface area contributed by atoms with Gasteiger partial charge in [-0.05, 0) is 30.7 Å². The van der Waals surface area contributed by atoms with E-state index in [9.17, 15) is 4.79 Å². The molecule has 0 aliphatic rings. The molecule has 0 saturated carbocycles. The van der Waals surface area contributed by atoms with Gasteiger partial charge >= 0.3 is 5.97 Å². The van der Waals surface area contributed by atoms with Gasteiger partial charge in [-0.3, -0.25) is 0 Å². The van der Waals surface area contributed by atoms with Crippen molar-refractivity contribution in [1.82, 2.24) is 4.98 Å². The third-order valence-electron chi connectivity index (χ3n) is 2.79. The summed E-state index contributed by atoms with van der Waals surface area (Å²) in [4.78, 5) is 15.6. The van der Waals surface area contributed by atoms with Crippen LogP contribution in [-0.4, -0.2) is 18.1 Å². The topological polar surface area (TPSA) is 77.2 Å². The molecule has 0 spiro atoms. The van der Waals surface area contributed by atoms with Gasteiger partial charge in [0.1, 0.15) is 0 Å². The molecule has 3 N–H and O–H groups in total. The van der Waals surface area contributed by atoms with Crippen molar-refractivity contribution < 1.29 is 9.53 Å². The van der Waals surface area contributed by atoms with Gasteiger partial charge in [-0.2, -0.15) is 0 Å². The number of pyridine rings is 1. The third kappa shape index (κ3) is 2.83. The highest BCUT2D eigenvalue weighted by Crippen LogP contribution is 2.30. The second kappa shape index (κ2) is 5.79. The number of methoxy groups -OCH3 is 1. The van der Waals surface area contributed by atoms with E-state index in [1.54, 1.807) is 12.1 Å². The molecular weight excluding hydrogens is 278 g/mol. The van der Waals surface area contributed by atoms with Crippen molar-refractivity contribution >= 4 is 34.8 Å². The molecule has 0 aliphatic carbocycles. The summed E-state index contributed by atoms with van der Waals surface area (Å²) in [7, 11) is 1.30. The molecular formula is C14H14ClN3O2. The SMILES string of the molecule is COC(=O)c1ccc(N)c(Nc2c(C)cccc2Cl)n1. The predicted octanol–water partition coefficient (Wildman–Crippen LogP) is 3.16. The molecule has 6 heteroatoms. The molecule has 0 radical (unpaired) electrons. The molecule has 2 aromatic rings. The maximum absolute atomic E-state index is 11.5. The summed E-state index contributed by atoms with van der Waals surface area (Å²) in [5.74, 6) is -0.159. The fourth-order valence-corrected chi connectivity index (χ4v) is 1.97. The number of para-hydroxylation sites is 1. The Kier molecular flexibility index (Phi) is 4.10. The van der Waals surface area contributed by atoms with Gasteiger partial charge in [0.05, 0.1) is 23.5 Å². The van der Waals surface area contributed by atoms with Crippen molar-refractivity contribution in [3.8, 4) is 0 Å². The van der Waals surface area contributed by atoms with Crippen molar-refractivity contribution in [3.05, 3.63) is 46.6 Å². The standard InChI is InChI=1S/C14H14ClN3O2/c1-8-4-3-5-9(15)12(8)18-13-10(16)6-7-11(17-13)14(19)20-2/h3-7H,16H2,1-2H3,(H,17,18). The van der Waals surface area contributed by atoms with Crippen molar-refractivity contribution in [2.45, 2.75) is 6.92 Å². The number of aromatic nitrogens is 1. The lowest BCUT2D eigenvalue weighted by Gasteiger charge is -2.13. The first kappa shape index (κ1) is 14.1. The number of ether oxygens (including phenoxy) is 1. The van der Waals surface area contributed by atoms with Crippen molar-refractivity contribution in [2.75, 3.05) is 18.2 Å².